The van der Waals surface area contributed by atoms with Crippen LogP contribution in [0.4, 0.5) is 14.9 Å². The monoisotopic (exact) mass is 415 g/mol. The number of benzene rings is 2. The third kappa shape index (κ3) is 5.09. The van der Waals surface area contributed by atoms with E-state index in [4.69, 9.17) is 11.6 Å². The highest BCUT2D eigenvalue weighted by Gasteiger charge is 2.42. The smallest absolute Gasteiger partial charge is 0.319 e. The van der Waals surface area contributed by atoms with Crippen molar-refractivity contribution in [2.45, 2.75) is 50.1 Å². The molecule has 0 bridgehead atoms. The number of hydrogen-bond acceptors (Lipinski definition) is 2. The van der Waals surface area contributed by atoms with Gasteiger partial charge in [0.15, 0.2) is 0 Å². The van der Waals surface area contributed by atoms with Crippen molar-refractivity contribution in [3.8, 4) is 0 Å². The first kappa shape index (κ1) is 20.2. The average Bonchev–Trinajstić information content (AvgIpc) is 3.10. The number of halogens is 2. The molecule has 0 spiro atoms. The van der Waals surface area contributed by atoms with Crippen LogP contribution in [0.3, 0.4) is 0 Å². The molecule has 2 N–H and O–H groups in total. The van der Waals surface area contributed by atoms with Gasteiger partial charge in [-0.15, -0.1) is 0 Å². The third-order valence-corrected chi connectivity index (χ3v) is 6.43. The van der Waals surface area contributed by atoms with Crippen LogP contribution in [0.5, 0.6) is 0 Å². The van der Waals surface area contributed by atoms with E-state index in [1.165, 1.54) is 24.1 Å². The number of amides is 2. The maximum atomic E-state index is 13.2. The molecule has 1 saturated heterocycles. The number of rotatable bonds is 6. The highest BCUT2D eigenvalue weighted by Crippen LogP contribution is 2.35. The molecule has 1 saturated carbocycles. The first-order chi connectivity index (χ1) is 14.0. The summed E-state index contributed by atoms with van der Waals surface area (Å²) in [6.45, 7) is 1.92. The zero-order valence-corrected chi connectivity index (χ0v) is 17.2. The summed E-state index contributed by atoms with van der Waals surface area (Å²) in [5.41, 5.74) is 1.73. The maximum absolute atomic E-state index is 13.2. The van der Waals surface area contributed by atoms with E-state index in [0.717, 1.165) is 50.9 Å². The van der Waals surface area contributed by atoms with Crippen LogP contribution >= 0.6 is 11.6 Å². The Kier molecular flexibility index (Phi) is 6.07. The van der Waals surface area contributed by atoms with Gasteiger partial charge >= 0.3 is 6.03 Å². The fourth-order valence-corrected chi connectivity index (χ4v) is 4.60. The predicted octanol–water partition coefficient (Wildman–Crippen LogP) is 5.23. The van der Waals surface area contributed by atoms with Gasteiger partial charge in [0.25, 0.3) is 0 Å². The summed E-state index contributed by atoms with van der Waals surface area (Å²) in [4.78, 5) is 15.1. The minimum Gasteiger partial charge on any atom is -0.331 e. The number of likely N-dealkylation sites (tertiary alicyclic amines) is 1. The van der Waals surface area contributed by atoms with E-state index < -0.39 is 0 Å². The van der Waals surface area contributed by atoms with Gasteiger partial charge in [-0.3, -0.25) is 4.90 Å². The molecule has 2 aliphatic rings. The second kappa shape index (κ2) is 8.72. The molecular weight excluding hydrogens is 389 g/mol. The van der Waals surface area contributed by atoms with Crippen LogP contribution in [0, 0.1) is 5.82 Å². The summed E-state index contributed by atoms with van der Waals surface area (Å²) in [6, 6.07) is 14.2. The third-order valence-electron chi connectivity index (χ3n) is 6.18. The van der Waals surface area contributed by atoms with Gasteiger partial charge in [0.05, 0.1) is 5.54 Å². The quantitative estimate of drug-likeness (QED) is 0.678. The van der Waals surface area contributed by atoms with Crippen molar-refractivity contribution in [2.24, 2.45) is 0 Å². The Morgan fingerprint density at radius 3 is 2.48 bits per heavy atom. The molecule has 1 atom stereocenters. The molecule has 0 radical (unpaired) electrons. The van der Waals surface area contributed by atoms with Crippen molar-refractivity contribution in [2.75, 3.05) is 18.4 Å². The molecule has 4 nitrogen and oxygen atoms in total. The number of nitrogens with zero attached hydrogens (tertiary/aromatic N) is 1. The van der Waals surface area contributed by atoms with Gasteiger partial charge in [-0.25, -0.2) is 9.18 Å². The minimum atomic E-state index is -0.193. The number of nitrogens with one attached hydrogen (secondary N) is 2. The van der Waals surface area contributed by atoms with Gasteiger partial charge in [0, 0.05) is 23.3 Å². The molecule has 1 unspecified atom stereocenters. The fraction of sp³-hybridized carbons (Fsp3) is 0.435. The number of carbonyl (C=O) groups excluding carboxylic acids is 1. The van der Waals surface area contributed by atoms with Crippen LogP contribution < -0.4 is 10.6 Å². The Morgan fingerprint density at radius 1 is 1.10 bits per heavy atom. The number of hydrogen-bond donors (Lipinski definition) is 2. The largest absolute Gasteiger partial charge is 0.331 e. The molecule has 6 heteroatoms. The molecule has 1 aliphatic carbocycles. The summed E-state index contributed by atoms with van der Waals surface area (Å²) in [7, 11) is 0. The van der Waals surface area contributed by atoms with Gasteiger partial charge < -0.3 is 10.6 Å². The Balaban J connectivity index is 1.36. The standard InChI is InChI=1S/C23H27ClFN3O/c24-18-6-10-20(11-7-18)26-22(29)27-23(12-2-13-23)16-28-14-1-3-21(28)15-17-4-8-19(25)9-5-17/h4-11,21H,1-3,12-16H2,(H2,26,27,29). The molecule has 0 aromatic heterocycles. The van der Waals surface area contributed by atoms with Gasteiger partial charge in [-0.05, 0) is 87.0 Å². The van der Waals surface area contributed by atoms with Crippen LogP contribution in [0.15, 0.2) is 48.5 Å². The minimum absolute atomic E-state index is 0.165. The van der Waals surface area contributed by atoms with E-state index in [-0.39, 0.29) is 17.4 Å². The van der Waals surface area contributed by atoms with E-state index in [2.05, 4.69) is 15.5 Å². The molecule has 2 fully saturated rings. The van der Waals surface area contributed by atoms with Gasteiger partial charge in [0.1, 0.15) is 5.82 Å². The Morgan fingerprint density at radius 2 is 1.83 bits per heavy atom. The fourth-order valence-electron chi connectivity index (χ4n) is 4.48. The predicted molar refractivity (Wildman–Crippen MR) is 115 cm³/mol. The lowest BCUT2D eigenvalue weighted by Crippen LogP contribution is -2.61. The highest BCUT2D eigenvalue weighted by atomic mass is 35.5. The van der Waals surface area contributed by atoms with E-state index >= 15 is 0 Å². The first-order valence-electron chi connectivity index (χ1n) is 10.3. The van der Waals surface area contributed by atoms with Crippen molar-refractivity contribution in [1.82, 2.24) is 10.2 Å². The Hall–Kier alpha value is -2.11. The summed E-state index contributed by atoms with van der Waals surface area (Å²) in [5.74, 6) is -0.193. The highest BCUT2D eigenvalue weighted by molar-refractivity contribution is 6.30. The molecular formula is C23H27ClFN3O. The molecule has 1 heterocycles. The van der Waals surface area contributed by atoms with Crippen LogP contribution in [0.1, 0.15) is 37.7 Å². The van der Waals surface area contributed by atoms with Crippen molar-refractivity contribution in [3.05, 3.63) is 64.9 Å². The lowest BCUT2D eigenvalue weighted by atomic mass is 9.76. The molecule has 2 amide bonds. The molecule has 2 aromatic rings. The van der Waals surface area contributed by atoms with Crippen LogP contribution in [0.25, 0.3) is 0 Å². The number of urea groups is 1. The van der Waals surface area contributed by atoms with E-state index in [9.17, 15) is 9.18 Å². The summed E-state index contributed by atoms with van der Waals surface area (Å²) in [6.07, 6.45) is 6.37. The van der Waals surface area contributed by atoms with Crippen molar-refractivity contribution < 1.29 is 9.18 Å². The zero-order valence-electron chi connectivity index (χ0n) is 16.5. The average molecular weight is 416 g/mol. The van der Waals surface area contributed by atoms with Crippen LogP contribution in [-0.2, 0) is 6.42 Å². The van der Waals surface area contributed by atoms with E-state index in [1.54, 1.807) is 24.3 Å². The summed E-state index contributed by atoms with van der Waals surface area (Å²) in [5, 5.41) is 6.79. The molecule has 2 aromatic carbocycles. The zero-order chi connectivity index (χ0) is 20.3. The van der Waals surface area contributed by atoms with Crippen LogP contribution in [-0.4, -0.2) is 35.6 Å². The van der Waals surface area contributed by atoms with Crippen molar-refractivity contribution >= 4 is 23.3 Å². The van der Waals surface area contributed by atoms with E-state index in [1.807, 2.05) is 12.1 Å². The first-order valence-corrected chi connectivity index (χ1v) is 10.7. The van der Waals surface area contributed by atoms with E-state index in [0.29, 0.717) is 11.1 Å². The molecule has 29 heavy (non-hydrogen) atoms. The maximum Gasteiger partial charge on any atom is 0.319 e. The van der Waals surface area contributed by atoms with Gasteiger partial charge in [-0.1, -0.05) is 23.7 Å². The lowest BCUT2D eigenvalue weighted by Gasteiger charge is -2.46. The Bertz CT molecular complexity index is 836. The van der Waals surface area contributed by atoms with Crippen molar-refractivity contribution in [3.63, 3.8) is 0 Å². The molecule has 154 valence electrons. The number of anilines is 1. The van der Waals surface area contributed by atoms with Crippen LogP contribution in [0.2, 0.25) is 5.02 Å². The molecule has 1 aliphatic heterocycles. The Labute approximate surface area is 176 Å². The van der Waals surface area contributed by atoms with Gasteiger partial charge in [0.2, 0.25) is 0 Å². The SMILES string of the molecule is O=C(Nc1ccc(Cl)cc1)NC1(CN2CCCC2Cc2ccc(F)cc2)CCC1. The van der Waals surface area contributed by atoms with Crippen molar-refractivity contribution in [1.29, 1.82) is 0 Å². The summed E-state index contributed by atoms with van der Waals surface area (Å²) < 4.78 is 13.2. The second-order valence-corrected chi connectivity index (χ2v) is 8.75. The second-order valence-electron chi connectivity index (χ2n) is 8.32. The topological polar surface area (TPSA) is 44.4 Å². The number of carbonyl (C=O) groups is 1. The normalized spacial score (nSPS) is 20.8. The summed E-state index contributed by atoms with van der Waals surface area (Å²) >= 11 is 5.91. The lowest BCUT2D eigenvalue weighted by molar-refractivity contribution is 0.109. The molecule has 4 rings (SSSR count). The van der Waals surface area contributed by atoms with Gasteiger partial charge in [-0.2, -0.15) is 0 Å².